The first-order valence-corrected chi connectivity index (χ1v) is 14.8. The molecule has 2 fully saturated rings. The molecule has 0 atom stereocenters. The number of carbonyl (C=O) groups is 1. The molecular formula is C31H30Cl2N2O3S. The number of nitrogens with zero attached hydrogens (tertiary/aromatic N) is 2. The van der Waals surface area contributed by atoms with Crippen molar-refractivity contribution >= 4 is 57.8 Å². The number of ether oxygens (including phenoxy) is 2. The summed E-state index contributed by atoms with van der Waals surface area (Å²) < 4.78 is 11.9. The van der Waals surface area contributed by atoms with E-state index in [4.69, 9.17) is 37.7 Å². The monoisotopic (exact) mass is 580 g/mol. The minimum absolute atomic E-state index is 0.0151. The molecule has 0 radical (unpaired) electrons. The quantitative estimate of drug-likeness (QED) is 0.249. The zero-order valence-electron chi connectivity index (χ0n) is 21.7. The lowest BCUT2D eigenvalue weighted by atomic mass is 9.94. The predicted octanol–water partition coefficient (Wildman–Crippen LogP) is 8.91. The molecule has 1 amide bonds. The largest absolute Gasteiger partial charge is 0.490 e. The Kier molecular flexibility index (Phi) is 9.17. The first-order chi connectivity index (χ1) is 19.0. The third kappa shape index (κ3) is 6.81. The summed E-state index contributed by atoms with van der Waals surface area (Å²) in [7, 11) is 0. The molecule has 1 saturated heterocycles. The van der Waals surface area contributed by atoms with E-state index >= 15 is 0 Å². The number of benzene rings is 3. The van der Waals surface area contributed by atoms with Gasteiger partial charge in [-0.2, -0.15) is 0 Å². The minimum Gasteiger partial charge on any atom is -0.490 e. The lowest BCUT2D eigenvalue weighted by Crippen LogP contribution is -2.40. The van der Waals surface area contributed by atoms with Crippen molar-refractivity contribution < 1.29 is 14.3 Å². The Morgan fingerprint density at radius 3 is 2.46 bits per heavy atom. The summed E-state index contributed by atoms with van der Waals surface area (Å²) in [5, 5.41) is 1.81. The van der Waals surface area contributed by atoms with Crippen molar-refractivity contribution in [2.75, 3.05) is 6.61 Å². The molecule has 0 N–H and O–H groups in total. The highest BCUT2D eigenvalue weighted by molar-refractivity contribution is 8.18. The maximum absolute atomic E-state index is 13.7. The Hall–Kier alpha value is -2.93. The number of amidine groups is 1. The standard InChI is InChI=1S/C31H30Cl2N2O3S/c1-2-37-27-18-22(17-26(33)29(27)38-20-21-13-15-23(32)16-14-21)19-28-30(36)35(25-11-7-4-8-12-25)31(39-28)34-24-9-5-3-6-10-24/h3,5-6,9-10,13-19,25H,2,4,7-8,11-12,20H2,1H3/b28-19+,34-31?. The van der Waals surface area contributed by atoms with Gasteiger partial charge in [-0.1, -0.05) is 72.8 Å². The molecule has 3 aromatic carbocycles. The molecule has 0 bridgehead atoms. The van der Waals surface area contributed by atoms with Gasteiger partial charge in [-0.05, 0) is 85.1 Å². The van der Waals surface area contributed by atoms with Crippen LogP contribution in [0.1, 0.15) is 50.2 Å². The van der Waals surface area contributed by atoms with E-state index in [1.54, 1.807) is 6.07 Å². The maximum atomic E-state index is 13.7. The third-order valence-electron chi connectivity index (χ3n) is 6.68. The Labute approximate surface area is 243 Å². The second kappa shape index (κ2) is 12.9. The minimum atomic E-state index is -0.0151. The van der Waals surface area contributed by atoms with Gasteiger partial charge in [0.1, 0.15) is 6.61 Å². The molecule has 0 spiro atoms. The van der Waals surface area contributed by atoms with E-state index in [0.29, 0.717) is 39.7 Å². The SMILES string of the molecule is CCOc1cc(/C=C2/SC(=Nc3ccccc3)N(C3CCCCC3)C2=O)cc(Cl)c1OCc1ccc(Cl)cc1. The molecule has 202 valence electrons. The van der Waals surface area contributed by atoms with E-state index in [0.717, 1.165) is 47.7 Å². The fourth-order valence-electron chi connectivity index (χ4n) is 4.80. The van der Waals surface area contributed by atoms with E-state index in [2.05, 4.69) is 0 Å². The molecule has 2 aliphatic rings. The summed E-state index contributed by atoms with van der Waals surface area (Å²) in [5.41, 5.74) is 2.56. The Morgan fingerprint density at radius 1 is 1.00 bits per heavy atom. The average molecular weight is 582 g/mol. The van der Waals surface area contributed by atoms with Crippen molar-refractivity contribution in [3.63, 3.8) is 0 Å². The number of para-hydroxylation sites is 1. The van der Waals surface area contributed by atoms with Crippen LogP contribution in [-0.4, -0.2) is 28.6 Å². The smallest absolute Gasteiger partial charge is 0.267 e. The second-order valence-corrected chi connectivity index (χ2v) is 11.3. The molecule has 3 aromatic rings. The normalized spacial score (nSPS) is 18.2. The number of rotatable bonds is 8. The highest BCUT2D eigenvalue weighted by Crippen LogP contribution is 2.41. The summed E-state index contributed by atoms with van der Waals surface area (Å²) in [6.07, 6.45) is 7.32. The van der Waals surface area contributed by atoms with Crippen LogP contribution in [0.25, 0.3) is 6.08 Å². The summed E-state index contributed by atoms with van der Waals surface area (Å²) >= 11 is 14.1. The first-order valence-electron chi connectivity index (χ1n) is 13.2. The molecule has 39 heavy (non-hydrogen) atoms. The molecule has 1 saturated carbocycles. The molecule has 1 heterocycles. The van der Waals surface area contributed by atoms with Crippen LogP contribution in [0.3, 0.4) is 0 Å². The molecule has 0 aromatic heterocycles. The van der Waals surface area contributed by atoms with Gasteiger partial charge in [-0.25, -0.2) is 4.99 Å². The van der Waals surface area contributed by atoms with Gasteiger partial charge in [0.15, 0.2) is 16.7 Å². The Bertz CT molecular complexity index is 1370. The summed E-state index contributed by atoms with van der Waals surface area (Å²) in [6, 6.07) is 21.1. The van der Waals surface area contributed by atoms with Crippen LogP contribution in [0.5, 0.6) is 11.5 Å². The van der Waals surface area contributed by atoms with Crippen molar-refractivity contribution in [1.29, 1.82) is 0 Å². The topological polar surface area (TPSA) is 51.1 Å². The van der Waals surface area contributed by atoms with Gasteiger partial charge in [0.25, 0.3) is 5.91 Å². The number of amides is 1. The van der Waals surface area contributed by atoms with Crippen LogP contribution in [0.2, 0.25) is 10.0 Å². The van der Waals surface area contributed by atoms with E-state index in [1.807, 2.05) is 78.6 Å². The average Bonchev–Trinajstić information content (AvgIpc) is 3.24. The molecule has 8 heteroatoms. The lowest BCUT2D eigenvalue weighted by Gasteiger charge is -2.30. The number of aliphatic imine (C=N–C) groups is 1. The van der Waals surface area contributed by atoms with Gasteiger partial charge < -0.3 is 9.47 Å². The van der Waals surface area contributed by atoms with E-state index in [-0.39, 0.29) is 11.9 Å². The Balaban J connectivity index is 1.44. The van der Waals surface area contributed by atoms with Crippen molar-refractivity contribution in [1.82, 2.24) is 4.90 Å². The van der Waals surface area contributed by atoms with Crippen LogP contribution in [0.15, 0.2) is 76.6 Å². The summed E-state index contributed by atoms with van der Waals surface area (Å²) in [6.45, 7) is 2.68. The van der Waals surface area contributed by atoms with Crippen molar-refractivity contribution in [3.05, 3.63) is 92.8 Å². The molecule has 5 rings (SSSR count). The number of halogens is 2. The molecule has 0 unspecified atom stereocenters. The van der Waals surface area contributed by atoms with Crippen LogP contribution in [0, 0.1) is 0 Å². The van der Waals surface area contributed by atoms with Crippen molar-refractivity contribution in [2.24, 2.45) is 4.99 Å². The van der Waals surface area contributed by atoms with Gasteiger partial charge >= 0.3 is 0 Å². The first kappa shape index (κ1) is 27.6. The van der Waals surface area contributed by atoms with Crippen molar-refractivity contribution in [2.45, 2.75) is 51.7 Å². The number of carbonyl (C=O) groups excluding carboxylic acids is 1. The fourth-order valence-corrected chi connectivity index (χ4v) is 6.26. The number of hydrogen-bond acceptors (Lipinski definition) is 5. The van der Waals surface area contributed by atoms with E-state index in [9.17, 15) is 4.79 Å². The van der Waals surface area contributed by atoms with Crippen LogP contribution >= 0.6 is 35.0 Å². The third-order valence-corrected chi connectivity index (χ3v) is 8.20. The molecular weight excluding hydrogens is 551 g/mol. The highest BCUT2D eigenvalue weighted by atomic mass is 35.5. The van der Waals surface area contributed by atoms with Crippen LogP contribution in [-0.2, 0) is 11.4 Å². The lowest BCUT2D eigenvalue weighted by molar-refractivity contribution is -0.124. The molecule has 1 aliphatic heterocycles. The van der Waals surface area contributed by atoms with Gasteiger partial charge in [0.2, 0.25) is 0 Å². The molecule has 1 aliphatic carbocycles. The highest BCUT2D eigenvalue weighted by Gasteiger charge is 2.38. The maximum Gasteiger partial charge on any atom is 0.267 e. The summed E-state index contributed by atoms with van der Waals surface area (Å²) in [5.74, 6) is 0.985. The number of thioether (sulfide) groups is 1. The zero-order chi connectivity index (χ0) is 27.2. The molecule has 5 nitrogen and oxygen atoms in total. The van der Waals surface area contributed by atoms with Gasteiger partial charge in [-0.15, -0.1) is 0 Å². The van der Waals surface area contributed by atoms with Crippen molar-refractivity contribution in [3.8, 4) is 11.5 Å². The summed E-state index contributed by atoms with van der Waals surface area (Å²) in [4.78, 5) is 21.1. The van der Waals surface area contributed by atoms with E-state index < -0.39 is 0 Å². The predicted molar refractivity (Wildman–Crippen MR) is 161 cm³/mol. The second-order valence-electron chi connectivity index (χ2n) is 9.49. The van der Waals surface area contributed by atoms with Gasteiger partial charge in [0, 0.05) is 11.1 Å². The van der Waals surface area contributed by atoms with Crippen LogP contribution < -0.4 is 9.47 Å². The zero-order valence-corrected chi connectivity index (χ0v) is 24.1. The van der Waals surface area contributed by atoms with Gasteiger partial charge in [-0.3, -0.25) is 9.69 Å². The van der Waals surface area contributed by atoms with Crippen LogP contribution in [0.4, 0.5) is 5.69 Å². The Morgan fingerprint density at radius 2 is 1.74 bits per heavy atom. The fraction of sp³-hybridized carbons (Fsp3) is 0.290. The van der Waals surface area contributed by atoms with Gasteiger partial charge in [0.05, 0.1) is 22.2 Å². The number of hydrogen-bond donors (Lipinski definition) is 0. The van der Waals surface area contributed by atoms with E-state index in [1.165, 1.54) is 18.2 Å².